The Labute approximate surface area is 230 Å². The van der Waals surface area contributed by atoms with Crippen LogP contribution >= 0.6 is 0 Å². The van der Waals surface area contributed by atoms with Gasteiger partial charge in [-0.2, -0.15) is 13.2 Å². The summed E-state index contributed by atoms with van der Waals surface area (Å²) < 4.78 is 49.0. The van der Waals surface area contributed by atoms with Gasteiger partial charge in [0.15, 0.2) is 0 Å². The maximum atomic E-state index is 13.5. The fraction of sp³-hybridized carbons (Fsp3) is 0.310. The molecule has 0 bridgehead atoms. The molecule has 1 aliphatic heterocycles. The topological polar surface area (TPSA) is 84.9 Å². The molecule has 4 rings (SSSR count). The molecule has 1 aliphatic rings. The number of ether oxygens (including phenoxy) is 2. The van der Waals surface area contributed by atoms with E-state index in [1.54, 1.807) is 6.20 Å². The average molecular weight is 555 g/mol. The minimum absolute atomic E-state index is 0.0530. The van der Waals surface area contributed by atoms with Gasteiger partial charge in [0.05, 0.1) is 20.3 Å². The molecule has 1 fully saturated rings. The lowest BCUT2D eigenvalue weighted by Gasteiger charge is -2.30. The molecule has 1 atom stereocenters. The van der Waals surface area contributed by atoms with Crippen LogP contribution in [0.4, 0.5) is 19.0 Å². The second kappa shape index (κ2) is 13.2. The first kappa shape index (κ1) is 28.8. The maximum Gasteiger partial charge on any atom is 0.433 e. The van der Waals surface area contributed by atoms with Crippen molar-refractivity contribution in [3.8, 4) is 0 Å². The third-order valence-corrected chi connectivity index (χ3v) is 6.40. The smallest absolute Gasteiger partial charge is 0.433 e. The molecule has 0 spiro atoms. The highest BCUT2D eigenvalue weighted by molar-refractivity contribution is 5.94. The molecule has 2 aromatic heterocycles. The summed E-state index contributed by atoms with van der Waals surface area (Å²) in [5, 5.41) is 0. The molecular formula is C29H29F3N4O4. The van der Waals surface area contributed by atoms with Crippen molar-refractivity contribution in [1.82, 2.24) is 14.9 Å². The molecule has 0 aliphatic carbocycles. The Bertz CT molecular complexity index is 1290. The summed E-state index contributed by atoms with van der Waals surface area (Å²) in [5.41, 5.74) is 0.791. The molecule has 1 aromatic carbocycles. The van der Waals surface area contributed by atoms with Crippen LogP contribution in [-0.2, 0) is 38.2 Å². The van der Waals surface area contributed by atoms with Gasteiger partial charge in [0, 0.05) is 44.5 Å². The van der Waals surface area contributed by atoms with E-state index in [1.165, 1.54) is 30.2 Å². The van der Waals surface area contributed by atoms with Gasteiger partial charge in [-0.05, 0) is 34.9 Å². The van der Waals surface area contributed by atoms with E-state index in [9.17, 15) is 22.8 Å². The van der Waals surface area contributed by atoms with Crippen molar-refractivity contribution in [3.05, 3.63) is 95.5 Å². The zero-order chi connectivity index (χ0) is 28.5. The normalized spacial score (nSPS) is 14.7. The number of anilines is 1. The van der Waals surface area contributed by atoms with Crippen molar-refractivity contribution in [2.75, 3.05) is 38.3 Å². The number of aromatic nitrogens is 2. The summed E-state index contributed by atoms with van der Waals surface area (Å²) in [6.45, 7) is 2.74. The first-order chi connectivity index (χ1) is 19.2. The largest absolute Gasteiger partial charge is 0.467 e. The summed E-state index contributed by atoms with van der Waals surface area (Å²) in [6, 6.07) is 14.0. The molecular weight excluding hydrogens is 525 g/mol. The summed E-state index contributed by atoms with van der Waals surface area (Å²) in [7, 11) is 1.26. The highest BCUT2D eigenvalue weighted by Crippen LogP contribution is 2.27. The number of carbonyl (C=O) groups is 2. The van der Waals surface area contributed by atoms with Crippen LogP contribution in [0.1, 0.15) is 22.4 Å². The van der Waals surface area contributed by atoms with E-state index in [2.05, 4.69) is 14.9 Å². The number of carbonyl (C=O) groups excluding carboxylic acids is 2. The van der Waals surface area contributed by atoms with Gasteiger partial charge >= 0.3 is 12.1 Å². The summed E-state index contributed by atoms with van der Waals surface area (Å²) >= 11 is 0. The van der Waals surface area contributed by atoms with E-state index >= 15 is 0 Å². The Morgan fingerprint density at radius 3 is 2.38 bits per heavy atom. The molecule has 8 nitrogen and oxygen atoms in total. The Hall–Kier alpha value is -4.25. The number of morpholine rings is 1. The number of amides is 1. The minimum Gasteiger partial charge on any atom is -0.467 e. The lowest BCUT2D eigenvalue weighted by atomic mass is 10.0. The Morgan fingerprint density at radius 2 is 1.77 bits per heavy atom. The van der Waals surface area contributed by atoms with E-state index in [0.717, 1.165) is 36.7 Å². The Balaban J connectivity index is 1.59. The predicted octanol–water partition coefficient (Wildman–Crippen LogP) is 4.16. The summed E-state index contributed by atoms with van der Waals surface area (Å²) in [5.74, 6) is -0.336. The number of hydrogen-bond donors (Lipinski definition) is 0. The number of alkyl halides is 3. The van der Waals surface area contributed by atoms with Gasteiger partial charge in [0.25, 0.3) is 0 Å². The van der Waals surface area contributed by atoms with Crippen LogP contribution in [0.5, 0.6) is 0 Å². The van der Waals surface area contributed by atoms with Crippen molar-refractivity contribution in [2.45, 2.75) is 25.2 Å². The van der Waals surface area contributed by atoms with Gasteiger partial charge in [-0.1, -0.05) is 42.5 Å². The second-order valence-electron chi connectivity index (χ2n) is 9.13. The van der Waals surface area contributed by atoms with E-state index in [4.69, 9.17) is 9.47 Å². The van der Waals surface area contributed by atoms with Gasteiger partial charge < -0.3 is 19.3 Å². The number of nitrogens with zero attached hydrogens (tertiary/aromatic N) is 4. The van der Waals surface area contributed by atoms with Gasteiger partial charge in [-0.25, -0.2) is 9.78 Å². The Morgan fingerprint density at radius 1 is 1.02 bits per heavy atom. The van der Waals surface area contributed by atoms with Crippen LogP contribution in [0.2, 0.25) is 0 Å². The van der Waals surface area contributed by atoms with E-state index in [-0.39, 0.29) is 13.0 Å². The van der Waals surface area contributed by atoms with Crippen LogP contribution in [0.3, 0.4) is 0 Å². The van der Waals surface area contributed by atoms with Gasteiger partial charge in [0.1, 0.15) is 17.6 Å². The first-order valence-electron chi connectivity index (χ1n) is 12.7. The van der Waals surface area contributed by atoms with Crippen LogP contribution in [0.15, 0.2) is 73.1 Å². The lowest BCUT2D eigenvalue weighted by Crippen LogP contribution is -2.46. The molecule has 0 N–H and O–H groups in total. The van der Waals surface area contributed by atoms with Gasteiger partial charge in [-0.3, -0.25) is 9.78 Å². The van der Waals surface area contributed by atoms with Gasteiger partial charge in [0.2, 0.25) is 5.91 Å². The van der Waals surface area contributed by atoms with E-state index < -0.39 is 29.8 Å². The third-order valence-electron chi connectivity index (χ3n) is 6.40. The van der Waals surface area contributed by atoms with Crippen LogP contribution in [-0.4, -0.2) is 66.2 Å². The van der Waals surface area contributed by atoms with Crippen molar-refractivity contribution in [3.63, 3.8) is 0 Å². The summed E-state index contributed by atoms with van der Waals surface area (Å²) in [6.07, 6.45) is 0.901. The molecule has 0 radical (unpaired) electrons. The highest BCUT2D eigenvalue weighted by Gasteiger charge is 2.32. The number of hydrogen-bond acceptors (Lipinski definition) is 7. The maximum absolute atomic E-state index is 13.5. The average Bonchev–Trinajstić information content (AvgIpc) is 2.98. The van der Waals surface area contributed by atoms with E-state index in [1.807, 2.05) is 42.5 Å². The number of halogens is 3. The van der Waals surface area contributed by atoms with Crippen LogP contribution in [0, 0.1) is 0 Å². The first-order valence-corrected chi connectivity index (χ1v) is 12.7. The lowest BCUT2D eigenvalue weighted by molar-refractivity contribution is -0.151. The molecule has 11 heteroatoms. The minimum atomic E-state index is -4.56. The monoisotopic (exact) mass is 554 g/mol. The molecule has 1 saturated heterocycles. The van der Waals surface area contributed by atoms with E-state index in [0.29, 0.717) is 24.3 Å². The molecule has 1 amide bonds. The molecule has 3 heterocycles. The van der Waals surface area contributed by atoms with Crippen molar-refractivity contribution in [1.29, 1.82) is 0 Å². The van der Waals surface area contributed by atoms with Gasteiger partial charge in [-0.15, -0.1) is 0 Å². The number of rotatable bonds is 9. The number of esters is 1. The number of pyridine rings is 2. The van der Waals surface area contributed by atoms with Crippen molar-refractivity contribution < 1.29 is 32.2 Å². The third kappa shape index (κ3) is 7.66. The zero-order valence-electron chi connectivity index (χ0n) is 21.9. The molecule has 210 valence electrons. The van der Waals surface area contributed by atoms with Crippen LogP contribution < -0.4 is 4.90 Å². The van der Waals surface area contributed by atoms with Crippen molar-refractivity contribution in [2.24, 2.45) is 0 Å². The molecule has 3 aromatic rings. The fourth-order valence-electron chi connectivity index (χ4n) is 4.26. The predicted molar refractivity (Wildman–Crippen MR) is 142 cm³/mol. The fourth-order valence-corrected chi connectivity index (χ4v) is 4.26. The highest BCUT2D eigenvalue weighted by atomic mass is 19.4. The number of benzene rings is 1. The van der Waals surface area contributed by atoms with Crippen molar-refractivity contribution >= 4 is 23.8 Å². The molecule has 40 heavy (non-hydrogen) atoms. The second-order valence-corrected chi connectivity index (χ2v) is 9.13. The zero-order valence-corrected chi connectivity index (χ0v) is 21.9. The molecule has 1 unspecified atom stereocenters. The standard InChI is InChI=1S/C29H29F3N4O4/c1-39-28(38)24(17-21-5-3-2-4-6-21)36(20-23-8-11-26(34-19-23)35-13-15-40-16-14-35)27(37)12-9-22-7-10-25(33-18-22)29(30,31)32/h2-12,18-19,24H,13-17,20H2,1H3. The Kier molecular flexibility index (Phi) is 9.49. The summed E-state index contributed by atoms with van der Waals surface area (Å²) in [4.78, 5) is 37.9. The van der Waals surface area contributed by atoms with Crippen LogP contribution in [0.25, 0.3) is 6.08 Å². The molecule has 0 saturated carbocycles. The number of methoxy groups -OCH3 is 1. The SMILES string of the molecule is COC(=O)C(Cc1ccccc1)N(Cc1ccc(N2CCOCC2)nc1)C(=O)C=Cc1ccc(C(F)(F)F)nc1. The quantitative estimate of drug-likeness (QED) is 0.290.